The van der Waals surface area contributed by atoms with Gasteiger partial charge < -0.3 is 5.32 Å². The predicted octanol–water partition coefficient (Wildman–Crippen LogP) is 5.61. The van der Waals surface area contributed by atoms with Crippen LogP contribution in [0.15, 0.2) is 27.5 Å². The minimum absolute atomic E-state index is 0.246. The molecule has 22 heavy (non-hydrogen) atoms. The Hall–Kier alpha value is -1.05. The van der Waals surface area contributed by atoms with Crippen LogP contribution in [0, 0.1) is 11.3 Å². The fourth-order valence-corrected chi connectivity index (χ4v) is 4.01. The van der Waals surface area contributed by atoms with Crippen molar-refractivity contribution in [3.8, 4) is 0 Å². The largest absolute Gasteiger partial charge is 0.365 e. The lowest BCUT2D eigenvalue weighted by molar-refractivity contribution is 0.200. The summed E-state index contributed by atoms with van der Waals surface area (Å²) in [6.45, 7) is 17.6. The Bertz CT molecular complexity index is 500. The summed E-state index contributed by atoms with van der Waals surface area (Å²) >= 11 is 0. The van der Waals surface area contributed by atoms with Crippen molar-refractivity contribution in [2.24, 2.45) is 16.3 Å². The first kappa shape index (κ1) is 17.3. The standard InChI is InChI=1S/C20H34N2/c1-14(2)17(16-9-8-10-19(4,5)13-16)15(3)18(21-7)22-20(6)11-12-20/h16,22H,7-13H2,1-6H3/b18-15-. The van der Waals surface area contributed by atoms with Crippen LogP contribution in [-0.2, 0) is 0 Å². The van der Waals surface area contributed by atoms with Crippen LogP contribution in [0.5, 0.6) is 0 Å². The molecule has 0 aliphatic heterocycles. The van der Waals surface area contributed by atoms with Gasteiger partial charge in [0, 0.05) is 5.54 Å². The molecule has 2 aliphatic carbocycles. The van der Waals surface area contributed by atoms with Gasteiger partial charge >= 0.3 is 0 Å². The van der Waals surface area contributed by atoms with Crippen LogP contribution in [0.1, 0.15) is 80.1 Å². The Labute approximate surface area is 137 Å². The van der Waals surface area contributed by atoms with Crippen molar-refractivity contribution in [3.63, 3.8) is 0 Å². The molecule has 0 heterocycles. The van der Waals surface area contributed by atoms with Gasteiger partial charge in [-0.25, -0.2) is 4.99 Å². The van der Waals surface area contributed by atoms with Gasteiger partial charge in [0.1, 0.15) is 5.82 Å². The predicted molar refractivity (Wildman–Crippen MR) is 97.1 cm³/mol. The summed E-state index contributed by atoms with van der Waals surface area (Å²) in [6.07, 6.45) is 7.75. The highest BCUT2D eigenvalue weighted by Gasteiger charge is 2.38. The van der Waals surface area contributed by atoms with E-state index in [-0.39, 0.29) is 5.54 Å². The second-order valence-electron chi connectivity index (χ2n) is 8.69. The molecule has 0 spiro atoms. The Morgan fingerprint density at radius 1 is 1.09 bits per heavy atom. The summed E-state index contributed by atoms with van der Waals surface area (Å²) in [5.74, 6) is 1.67. The average Bonchev–Trinajstić information content (AvgIpc) is 3.12. The second-order valence-corrected chi connectivity index (χ2v) is 8.69. The molecular formula is C20H34N2. The number of nitrogens with one attached hydrogen (secondary N) is 1. The van der Waals surface area contributed by atoms with Crippen molar-refractivity contribution in [1.82, 2.24) is 5.32 Å². The van der Waals surface area contributed by atoms with E-state index in [1.807, 2.05) is 0 Å². The molecule has 2 nitrogen and oxygen atoms in total. The van der Waals surface area contributed by atoms with Crippen LogP contribution in [-0.4, -0.2) is 12.3 Å². The molecule has 1 atom stereocenters. The maximum atomic E-state index is 4.33. The monoisotopic (exact) mass is 302 g/mol. The van der Waals surface area contributed by atoms with Gasteiger partial charge in [-0.05, 0) is 89.0 Å². The van der Waals surface area contributed by atoms with Crippen LogP contribution in [0.3, 0.4) is 0 Å². The van der Waals surface area contributed by atoms with Crippen molar-refractivity contribution in [2.75, 3.05) is 0 Å². The Balaban J connectivity index is 2.30. The van der Waals surface area contributed by atoms with Crippen molar-refractivity contribution in [2.45, 2.75) is 85.6 Å². The zero-order valence-electron chi connectivity index (χ0n) is 15.5. The van der Waals surface area contributed by atoms with Gasteiger partial charge in [0.05, 0.1) is 0 Å². The fraction of sp³-hybridized carbons (Fsp3) is 0.750. The van der Waals surface area contributed by atoms with Crippen LogP contribution in [0.4, 0.5) is 0 Å². The first-order valence-corrected chi connectivity index (χ1v) is 8.81. The molecule has 0 saturated heterocycles. The first-order valence-electron chi connectivity index (χ1n) is 8.81. The lowest BCUT2D eigenvalue weighted by Crippen LogP contribution is -2.29. The molecule has 0 amide bonds. The molecule has 124 valence electrons. The SMILES string of the molecule is C=N/C(NC1(C)CC1)=C(\C)C(=C(C)C)C1CCCC(C)(C)C1. The van der Waals surface area contributed by atoms with E-state index in [9.17, 15) is 0 Å². The second kappa shape index (κ2) is 6.22. The van der Waals surface area contributed by atoms with E-state index < -0.39 is 0 Å². The Morgan fingerprint density at radius 3 is 2.18 bits per heavy atom. The summed E-state index contributed by atoms with van der Waals surface area (Å²) in [7, 11) is 0. The van der Waals surface area contributed by atoms with Crippen LogP contribution >= 0.6 is 0 Å². The molecule has 2 rings (SSSR count). The van der Waals surface area contributed by atoms with Crippen LogP contribution < -0.4 is 5.32 Å². The number of hydrogen-bond acceptors (Lipinski definition) is 2. The van der Waals surface area contributed by atoms with E-state index in [4.69, 9.17) is 0 Å². The van der Waals surface area contributed by atoms with E-state index in [0.29, 0.717) is 11.3 Å². The zero-order valence-corrected chi connectivity index (χ0v) is 15.5. The van der Waals surface area contributed by atoms with Crippen LogP contribution in [0.2, 0.25) is 0 Å². The van der Waals surface area contributed by atoms with E-state index in [1.165, 1.54) is 55.2 Å². The Kier molecular flexibility index (Phi) is 4.89. The zero-order chi connectivity index (χ0) is 16.5. The van der Waals surface area contributed by atoms with Crippen molar-refractivity contribution in [1.29, 1.82) is 0 Å². The number of allylic oxidation sites excluding steroid dienone is 3. The maximum Gasteiger partial charge on any atom is 0.128 e. The highest BCUT2D eigenvalue weighted by molar-refractivity contribution is 5.41. The molecule has 1 unspecified atom stereocenters. The summed E-state index contributed by atoms with van der Waals surface area (Å²) in [5, 5.41) is 3.63. The van der Waals surface area contributed by atoms with Gasteiger partial charge in [-0.1, -0.05) is 25.8 Å². The normalized spacial score (nSPS) is 26.7. The molecule has 0 radical (unpaired) electrons. The summed E-state index contributed by atoms with van der Waals surface area (Å²) < 4.78 is 0. The summed E-state index contributed by atoms with van der Waals surface area (Å²) in [5.41, 5.74) is 4.97. The third-order valence-electron chi connectivity index (χ3n) is 5.49. The van der Waals surface area contributed by atoms with Gasteiger partial charge in [0.15, 0.2) is 0 Å². The van der Waals surface area contributed by atoms with Crippen molar-refractivity contribution in [3.05, 3.63) is 22.5 Å². The highest BCUT2D eigenvalue weighted by Crippen LogP contribution is 2.44. The van der Waals surface area contributed by atoms with Gasteiger partial charge in [0.25, 0.3) is 0 Å². The van der Waals surface area contributed by atoms with Crippen molar-refractivity contribution >= 4 is 6.72 Å². The quantitative estimate of drug-likeness (QED) is 0.518. The maximum absolute atomic E-state index is 4.33. The molecule has 2 saturated carbocycles. The molecular weight excluding hydrogens is 268 g/mol. The van der Waals surface area contributed by atoms with E-state index in [2.05, 4.69) is 58.6 Å². The minimum atomic E-state index is 0.246. The van der Waals surface area contributed by atoms with Gasteiger partial charge in [-0.2, -0.15) is 0 Å². The third-order valence-corrected chi connectivity index (χ3v) is 5.49. The molecule has 0 aromatic heterocycles. The molecule has 0 aromatic carbocycles. The van der Waals surface area contributed by atoms with E-state index >= 15 is 0 Å². The lowest BCUT2D eigenvalue weighted by atomic mass is 9.68. The molecule has 1 N–H and O–H groups in total. The molecule has 0 bridgehead atoms. The summed E-state index contributed by atoms with van der Waals surface area (Å²) in [4.78, 5) is 4.33. The minimum Gasteiger partial charge on any atom is -0.365 e. The number of aliphatic imine (C=N–C) groups is 1. The highest BCUT2D eigenvalue weighted by atomic mass is 15.1. The van der Waals surface area contributed by atoms with Gasteiger partial charge in [0.2, 0.25) is 0 Å². The summed E-state index contributed by atoms with van der Waals surface area (Å²) in [6, 6.07) is 0. The Morgan fingerprint density at radius 2 is 1.73 bits per heavy atom. The third kappa shape index (κ3) is 4.02. The van der Waals surface area contributed by atoms with Crippen molar-refractivity contribution < 1.29 is 0 Å². The smallest absolute Gasteiger partial charge is 0.128 e. The first-order chi connectivity index (χ1) is 10.2. The van der Waals surface area contributed by atoms with Gasteiger partial charge in [-0.3, -0.25) is 0 Å². The molecule has 0 aromatic rings. The van der Waals surface area contributed by atoms with E-state index in [1.54, 1.807) is 0 Å². The molecule has 2 fully saturated rings. The average molecular weight is 303 g/mol. The lowest BCUT2D eigenvalue weighted by Gasteiger charge is -2.37. The van der Waals surface area contributed by atoms with Gasteiger partial charge in [-0.15, -0.1) is 0 Å². The topological polar surface area (TPSA) is 24.4 Å². The molecule has 2 aliphatic rings. The van der Waals surface area contributed by atoms with E-state index in [0.717, 1.165) is 5.82 Å². The molecule has 2 heteroatoms. The number of rotatable bonds is 5. The van der Waals surface area contributed by atoms with Crippen LogP contribution in [0.25, 0.3) is 0 Å². The number of hydrogen-bond donors (Lipinski definition) is 1. The fourth-order valence-electron chi connectivity index (χ4n) is 4.01. The number of nitrogens with zero attached hydrogens (tertiary/aromatic N) is 1.